The van der Waals surface area contributed by atoms with Crippen molar-refractivity contribution in [3.05, 3.63) is 95.6 Å². The molecular formula is C52H72N2O7. The van der Waals surface area contributed by atoms with Crippen LogP contribution in [0.3, 0.4) is 0 Å². The molecule has 0 spiro atoms. The van der Waals surface area contributed by atoms with Crippen molar-refractivity contribution in [2.75, 3.05) is 34.4 Å². The first-order chi connectivity index (χ1) is 29.4. The second-order valence-electron chi connectivity index (χ2n) is 19.4. The third-order valence-electron chi connectivity index (χ3n) is 16.4. The number of aliphatic hydroxyl groups excluding tert-OH is 1. The van der Waals surface area contributed by atoms with E-state index in [1.54, 1.807) is 21.3 Å². The first kappa shape index (κ1) is 45.0. The van der Waals surface area contributed by atoms with Gasteiger partial charge >= 0.3 is 6.09 Å². The number of ether oxygens (including phenoxy) is 4. The van der Waals surface area contributed by atoms with E-state index >= 15 is 0 Å². The Hall–Kier alpha value is -4.08. The summed E-state index contributed by atoms with van der Waals surface area (Å²) in [6.07, 6.45) is 12.0. The maximum Gasteiger partial charge on any atom is 0.407 e. The van der Waals surface area contributed by atoms with Crippen molar-refractivity contribution < 1.29 is 33.6 Å². The molecule has 0 aromatic heterocycles. The number of aliphatic hydroxyl groups is 1. The summed E-state index contributed by atoms with van der Waals surface area (Å²) >= 11 is 0. The van der Waals surface area contributed by atoms with Crippen LogP contribution >= 0.6 is 0 Å². The Morgan fingerprint density at radius 1 is 0.770 bits per heavy atom. The molecule has 4 aliphatic carbocycles. The molecule has 10 atom stereocenters. The van der Waals surface area contributed by atoms with E-state index in [0.717, 1.165) is 71.6 Å². The molecule has 0 saturated heterocycles. The van der Waals surface area contributed by atoms with Gasteiger partial charge in [-0.25, -0.2) is 4.79 Å². The fraction of sp³-hybridized carbons (Fsp3) is 0.615. The summed E-state index contributed by atoms with van der Waals surface area (Å²) in [4.78, 5) is 25.2. The maximum absolute atomic E-state index is 13.1. The van der Waals surface area contributed by atoms with E-state index in [-0.39, 0.29) is 24.7 Å². The van der Waals surface area contributed by atoms with Crippen LogP contribution in [-0.2, 0) is 19.9 Å². The highest BCUT2D eigenvalue weighted by Crippen LogP contribution is 2.68. The standard InChI is InChI=1S/C52H72N2O7/c1-35(12-25-48(56)53-4)45-23-24-46-44-22-17-39-34-43(26-30-50(39,2)47(44)27-31-51(45,46)3)61-49(57)54-32-28-40(55)29-33-60-52(36-10-8-7-9-11-36,37-13-18-41(58-5)19-14-37)38-15-20-42(59-6)21-16-38/h7-11,13-16,18-21,35,39-40,43-47,55H,12,17,22-34H2,1-6H3,(H,53,56)(H,54,57)/t35-,39?,40?,43?,44?,45-,46?,47?,50+,51-/m0/s1. The Balaban J connectivity index is 0.898. The van der Waals surface area contributed by atoms with Gasteiger partial charge in [-0.05, 0) is 164 Å². The number of carbonyl (C=O) groups excluding carboxylic acids is 2. The van der Waals surface area contributed by atoms with E-state index in [4.69, 9.17) is 18.9 Å². The Morgan fingerprint density at radius 2 is 1.39 bits per heavy atom. The topological polar surface area (TPSA) is 115 Å². The number of amides is 2. The van der Waals surface area contributed by atoms with Gasteiger partial charge in [-0.2, -0.15) is 0 Å². The zero-order valence-electron chi connectivity index (χ0n) is 37.6. The smallest absolute Gasteiger partial charge is 0.407 e. The fourth-order valence-corrected chi connectivity index (χ4v) is 13.1. The zero-order chi connectivity index (χ0) is 43.2. The van der Waals surface area contributed by atoms with Crippen LogP contribution in [0.4, 0.5) is 4.79 Å². The van der Waals surface area contributed by atoms with Crippen molar-refractivity contribution in [2.45, 2.75) is 122 Å². The summed E-state index contributed by atoms with van der Waals surface area (Å²) in [5.74, 6) is 5.85. The van der Waals surface area contributed by atoms with Crippen LogP contribution in [0.15, 0.2) is 78.9 Å². The quantitative estimate of drug-likeness (QED) is 0.116. The summed E-state index contributed by atoms with van der Waals surface area (Å²) in [5, 5.41) is 16.9. The molecule has 3 aromatic rings. The SMILES string of the molecule is CNC(=O)CC[C@H](C)[C@@H]1CCC2C3CCC4CC(OC(=O)NCCC(O)CCOC(c5ccccc5)(c5ccc(OC)cc5)c5ccc(OC)cc5)CC[C@@]4(C)C3CC[C@]21C. The van der Waals surface area contributed by atoms with E-state index in [1.807, 2.05) is 66.7 Å². The minimum atomic E-state index is -0.956. The van der Waals surface area contributed by atoms with Crippen molar-refractivity contribution in [1.82, 2.24) is 10.6 Å². The number of rotatable bonds is 17. The van der Waals surface area contributed by atoms with Crippen LogP contribution in [0.1, 0.15) is 121 Å². The number of hydrogen-bond donors (Lipinski definition) is 3. The third kappa shape index (κ3) is 9.34. The molecule has 4 fully saturated rings. The lowest BCUT2D eigenvalue weighted by Crippen LogP contribution is -2.54. The van der Waals surface area contributed by atoms with Crippen LogP contribution < -0.4 is 20.1 Å². The van der Waals surface area contributed by atoms with Gasteiger partial charge in [0.25, 0.3) is 0 Å². The zero-order valence-corrected chi connectivity index (χ0v) is 37.6. The lowest BCUT2D eigenvalue weighted by Gasteiger charge is -2.61. The highest BCUT2D eigenvalue weighted by molar-refractivity contribution is 5.75. The number of alkyl carbamates (subject to hydrolysis) is 1. The number of fused-ring (bicyclic) bond motifs is 5. The number of benzene rings is 3. The second-order valence-corrected chi connectivity index (χ2v) is 19.4. The van der Waals surface area contributed by atoms with Crippen LogP contribution in [0.2, 0.25) is 0 Å². The van der Waals surface area contributed by atoms with E-state index in [0.29, 0.717) is 54.4 Å². The third-order valence-corrected chi connectivity index (χ3v) is 16.4. The first-order valence-corrected chi connectivity index (χ1v) is 23.3. The molecule has 9 nitrogen and oxygen atoms in total. The number of carbonyl (C=O) groups is 2. The van der Waals surface area contributed by atoms with Gasteiger partial charge in [0.2, 0.25) is 5.91 Å². The molecule has 61 heavy (non-hydrogen) atoms. The molecule has 6 unspecified atom stereocenters. The first-order valence-electron chi connectivity index (χ1n) is 23.3. The molecular weight excluding hydrogens is 765 g/mol. The predicted molar refractivity (Wildman–Crippen MR) is 239 cm³/mol. The van der Waals surface area contributed by atoms with Gasteiger partial charge in [0.1, 0.15) is 23.2 Å². The summed E-state index contributed by atoms with van der Waals surface area (Å²) in [6.45, 7) is 8.16. The summed E-state index contributed by atoms with van der Waals surface area (Å²) in [5.41, 5.74) is 2.56. The van der Waals surface area contributed by atoms with E-state index in [9.17, 15) is 14.7 Å². The largest absolute Gasteiger partial charge is 0.497 e. The van der Waals surface area contributed by atoms with Crippen LogP contribution in [0.5, 0.6) is 11.5 Å². The Bertz CT molecular complexity index is 1840. The molecule has 0 aliphatic heterocycles. The van der Waals surface area contributed by atoms with Gasteiger partial charge in [0, 0.05) is 20.0 Å². The maximum atomic E-state index is 13.1. The molecule has 3 N–H and O–H groups in total. The molecule has 0 radical (unpaired) electrons. The lowest BCUT2D eigenvalue weighted by molar-refractivity contribution is -0.130. The van der Waals surface area contributed by atoms with Crippen molar-refractivity contribution in [3.8, 4) is 11.5 Å². The monoisotopic (exact) mass is 837 g/mol. The molecule has 3 aromatic carbocycles. The van der Waals surface area contributed by atoms with Crippen LogP contribution in [0, 0.1) is 46.3 Å². The summed E-state index contributed by atoms with van der Waals surface area (Å²) in [6, 6.07) is 26.0. The average Bonchev–Trinajstić information content (AvgIpc) is 3.65. The summed E-state index contributed by atoms with van der Waals surface area (Å²) < 4.78 is 23.9. The average molecular weight is 837 g/mol. The minimum Gasteiger partial charge on any atom is -0.497 e. The Morgan fingerprint density at radius 3 is 2.03 bits per heavy atom. The minimum absolute atomic E-state index is 0.0687. The molecule has 2 amide bonds. The number of methoxy groups -OCH3 is 2. The molecule has 0 heterocycles. The van der Waals surface area contributed by atoms with E-state index in [1.165, 1.54) is 38.5 Å². The van der Waals surface area contributed by atoms with Crippen molar-refractivity contribution >= 4 is 12.0 Å². The summed E-state index contributed by atoms with van der Waals surface area (Å²) in [7, 11) is 5.05. The molecule has 0 bridgehead atoms. The van der Waals surface area contributed by atoms with Gasteiger partial charge in [0.15, 0.2) is 0 Å². The van der Waals surface area contributed by atoms with Crippen molar-refractivity contribution in [1.29, 1.82) is 0 Å². The van der Waals surface area contributed by atoms with Crippen molar-refractivity contribution in [2.24, 2.45) is 46.3 Å². The molecule has 332 valence electrons. The molecule has 7 rings (SSSR count). The van der Waals surface area contributed by atoms with Gasteiger partial charge in [-0.1, -0.05) is 75.4 Å². The van der Waals surface area contributed by atoms with Gasteiger partial charge in [-0.3, -0.25) is 4.79 Å². The number of nitrogens with one attached hydrogen (secondary N) is 2. The van der Waals surface area contributed by atoms with Gasteiger partial charge in [0.05, 0.1) is 26.9 Å². The van der Waals surface area contributed by atoms with E-state index < -0.39 is 11.7 Å². The molecule has 4 aliphatic rings. The van der Waals surface area contributed by atoms with Crippen molar-refractivity contribution in [3.63, 3.8) is 0 Å². The normalized spacial score (nSPS) is 29.2. The Kier molecular flexibility index (Phi) is 14.4. The van der Waals surface area contributed by atoms with Gasteiger partial charge < -0.3 is 34.7 Å². The van der Waals surface area contributed by atoms with Crippen LogP contribution in [-0.4, -0.2) is 63.7 Å². The predicted octanol–water partition coefficient (Wildman–Crippen LogP) is 10.1. The lowest BCUT2D eigenvalue weighted by atomic mass is 9.44. The number of hydrogen-bond acceptors (Lipinski definition) is 7. The van der Waals surface area contributed by atoms with Gasteiger partial charge in [-0.15, -0.1) is 0 Å². The Labute approximate surface area is 365 Å². The molecule has 9 heteroatoms. The van der Waals surface area contributed by atoms with E-state index in [2.05, 4.69) is 43.5 Å². The van der Waals surface area contributed by atoms with Crippen LogP contribution in [0.25, 0.3) is 0 Å². The second kappa shape index (κ2) is 19.5. The highest BCUT2D eigenvalue weighted by atomic mass is 16.6. The highest BCUT2D eigenvalue weighted by Gasteiger charge is 2.60. The fourth-order valence-electron chi connectivity index (χ4n) is 13.1. The molecule has 4 saturated carbocycles.